The van der Waals surface area contributed by atoms with Crippen molar-refractivity contribution < 1.29 is 9.18 Å². The fourth-order valence-electron chi connectivity index (χ4n) is 2.30. The fraction of sp³-hybridized carbons (Fsp3) is 0.235. The molecule has 0 aliphatic rings. The van der Waals surface area contributed by atoms with Crippen molar-refractivity contribution in [2.24, 2.45) is 7.05 Å². The maximum absolute atomic E-state index is 13.7. The average molecular weight is 377 g/mol. The molecule has 3 rings (SSSR count). The lowest BCUT2D eigenvalue weighted by Gasteiger charge is -2.17. The summed E-state index contributed by atoms with van der Waals surface area (Å²) in [6.45, 7) is 0.196. The van der Waals surface area contributed by atoms with Gasteiger partial charge in [-0.15, -0.1) is 11.3 Å². The van der Waals surface area contributed by atoms with Crippen LogP contribution in [0, 0.1) is 5.82 Å². The molecule has 0 saturated carbocycles. The fourth-order valence-corrected chi connectivity index (χ4v) is 4.02. The standard InChI is InChI=1S/C17H16FN3O2S2/c1-20(9-11-5-3-4-6-12(11)18)14(22)10-25-17-19-13-7-8-24-15(13)16(23)21(17)2/h3-8H,9-10H2,1-2H3. The van der Waals surface area contributed by atoms with Crippen LogP contribution in [-0.2, 0) is 18.4 Å². The third-order valence-electron chi connectivity index (χ3n) is 3.76. The summed E-state index contributed by atoms with van der Waals surface area (Å²) in [4.78, 5) is 30.5. The van der Waals surface area contributed by atoms with Crippen molar-refractivity contribution in [3.63, 3.8) is 0 Å². The van der Waals surface area contributed by atoms with Crippen molar-refractivity contribution in [3.05, 3.63) is 57.4 Å². The van der Waals surface area contributed by atoms with Crippen LogP contribution >= 0.6 is 23.1 Å². The largest absolute Gasteiger partial charge is 0.341 e. The molecule has 0 aliphatic carbocycles. The maximum atomic E-state index is 13.7. The van der Waals surface area contributed by atoms with E-state index in [0.29, 0.717) is 20.9 Å². The molecule has 0 saturated heterocycles. The Morgan fingerprint density at radius 1 is 1.36 bits per heavy atom. The SMILES string of the molecule is CN(Cc1ccccc1F)C(=O)CSc1nc2ccsc2c(=O)n1C. The minimum Gasteiger partial charge on any atom is -0.341 e. The number of amides is 1. The molecule has 0 radical (unpaired) electrons. The van der Waals surface area contributed by atoms with Crippen LogP contribution in [0.25, 0.3) is 10.2 Å². The van der Waals surface area contributed by atoms with Crippen LogP contribution in [0.4, 0.5) is 4.39 Å². The summed E-state index contributed by atoms with van der Waals surface area (Å²) in [6, 6.07) is 8.17. The highest BCUT2D eigenvalue weighted by Crippen LogP contribution is 2.20. The van der Waals surface area contributed by atoms with Gasteiger partial charge in [0.15, 0.2) is 5.16 Å². The molecule has 2 heterocycles. The average Bonchev–Trinajstić information content (AvgIpc) is 3.07. The van der Waals surface area contributed by atoms with E-state index in [-0.39, 0.29) is 29.6 Å². The second kappa shape index (κ2) is 7.37. The topological polar surface area (TPSA) is 55.2 Å². The molecule has 0 fully saturated rings. The number of thioether (sulfide) groups is 1. The Morgan fingerprint density at radius 3 is 2.88 bits per heavy atom. The summed E-state index contributed by atoms with van der Waals surface area (Å²) in [6.07, 6.45) is 0. The lowest BCUT2D eigenvalue weighted by Crippen LogP contribution is -2.28. The van der Waals surface area contributed by atoms with E-state index in [1.807, 2.05) is 5.38 Å². The van der Waals surface area contributed by atoms with Crippen LogP contribution in [0.1, 0.15) is 5.56 Å². The number of aromatic nitrogens is 2. The molecular weight excluding hydrogens is 361 g/mol. The van der Waals surface area contributed by atoms with E-state index in [9.17, 15) is 14.0 Å². The number of nitrogens with zero attached hydrogens (tertiary/aromatic N) is 3. The van der Waals surface area contributed by atoms with Gasteiger partial charge in [0.1, 0.15) is 10.5 Å². The molecule has 0 spiro atoms. The van der Waals surface area contributed by atoms with E-state index >= 15 is 0 Å². The summed E-state index contributed by atoms with van der Waals surface area (Å²) < 4.78 is 15.7. The summed E-state index contributed by atoms with van der Waals surface area (Å²) in [5, 5.41) is 2.31. The lowest BCUT2D eigenvalue weighted by atomic mass is 10.2. The van der Waals surface area contributed by atoms with E-state index in [0.717, 1.165) is 0 Å². The molecule has 3 aromatic rings. The summed E-state index contributed by atoms with van der Waals surface area (Å²) in [5.74, 6) is -0.365. The van der Waals surface area contributed by atoms with Gasteiger partial charge in [-0.1, -0.05) is 30.0 Å². The van der Waals surface area contributed by atoms with E-state index in [2.05, 4.69) is 4.98 Å². The van der Waals surface area contributed by atoms with Gasteiger partial charge < -0.3 is 4.90 Å². The van der Waals surface area contributed by atoms with Crippen molar-refractivity contribution in [1.29, 1.82) is 0 Å². The third-order valence-corrected chi connectivity index (χ3v) is 5.67. The molecule has 0 atom stereocenters. The molecule has 25 heavy (non-hydrogen) atoms. The van der Waals surface area contributed by atoms with Gasteiger partial charge in [-0.05, 0) is 17.5 Å². The highest BCUT2D eigenvalue weighted by molar-refractivity contribution is 7.99. The van der Waals surface area contributed by atoms with E-state index in [4.69, 9.17) is 0 Å². The van der Waals surface area contributed by atoms with Gasteiger partial charge in [0.25, 0.3) is 5.56 Å². The highest BCUT2D eigenvalue weighted by Gasteiger charge is 2.15. The first-order chi connectivity index (χ1) is 12.0. The van der Waals surface area contributed by atoms with E-state index in [1.54, 1.807) is 38.4 Å². The zero-order chi connectivity index (χ0) is 18.0. The lowest BCUT2D eigenvalue weighted by molar-refractivity contribution is -0.127. The van der Waals surface area contributed by atoms with E-state index in [1.165, 1.54) is 38.6 Å². The van der Waals surface area contributed by atoms with Crippen molar-refractivity contribution in [2.45, 2.75) is 11.7 Å². The van der Waals surface area contributed by atoms with Crippen molar-refractivity contribution in [2.75, 3.05) is 12.8 Å². The van der Waals surface area contributed by atoms with Crippen LogP contribution in [-0.4, -0.2) is 33.2 Å². The Balaban J connectivity index is 1.69. The summed E-state index contributed by atoms with van der Waals surface area (Å²) in [7, 11) is 3.27. The smallest absolute Gasteiger partial charge is 0.271 e. The second-order valence-electron chi connectivity index (χ2n) is 5.52. The third kappa shape index (κ3) is 3.74. The van der Waals surface area contributed by atoms with Crippen LogP contribution in [0.2, 0.25) is 0 Å². The Labute approximate surface area is 152 Å². The molecular formula is C17H16FN3O2S2. The first kappa shape index (κ1) is 17.6. The maximum Gasteiger partial charge on any atom is 0.271 e. The zero-order valence-electron chi connectivity index (χ0n) is 13.7. The van der Waals surface area contributed by atoms with Crippen LogP contribution in [0.3, 0.4) is 0 Å². The number of halogens is 1. The highest BCUT2D eigenvalue weighted by atomic mass is 32.2. The predicted molar refractivity (Wildman–Crippen MR) is 98.5 cm³/mol. The first-order valence-corrected chi connectivity index (χ1v) is 9.38. The van der Waals surface area contributed by atoms with Crippen molar-refractivity contribution >= 4 is 39.2 Å². The van der Waals surface area contributed by atoms with Crippen molar-refractivity contribution in [1.82, 2.24) is 14.5 Å². The zero-order valence-corrected chi connectivity index (χ0v) is 15.4. The van der Waals surface area contributed by atoms with Gasteiger partial charge in [-0.2, -0.15) is 0 Å². The molecule has 0 aliphatic heterocycles. The van der Waals surface area contributed by atoms with E-state index < -0.39 is 0 Å². The normalized spacial score (nSPS) is 11.0. The molecule has 0 bridgehead atoms. The van der Waals surface area contributed by atoms with Crippen LogP contribution in [0.5, 0.6) is 0 Å². The number of benzene rings is 1. The quantitative estimate of drug-likeness (QED) is 0.507. The molecule has 0 N–H and O–H groups in total. The minimum absolute atomic E-state index is 0.116. The molecule has 1 aromatic carbocycles. The Kier molecular flexibility index (Phi) is 5.19. The minimum atomic E-state index is -0.332. The van der Waals surface area contributed by atoms with Gasteiger partial charge in [-0.25, -0.2) is 9.37 Å². The number of carbonyl (C=O) groups is 1. The molecule has 8 heteroatoms. The summed E-state index contributed by atoms with van der Waals surface area (Å²) >= 11 is 2.56. The van der Waals surface area contributed by atoms with Crippen molar-refractivity contribution in [3.8, 4) is 0 Å². The number of hydrogen-bond donors (Lipinski definition) is 0. The Bertz CT molecular complexity index is 983. The van der Waals surface area contributed by atoms with Gasteiger partial charge >= 0.3 is 0 Å². The monoisotopic (exact) mass is 377 g/mol. The van der Waals surface area contributed by atoms with Crippen LogP contribution in [0.15, 0.2) is 45.7 Å². The number of fused-ring (bicyclic) bond motifs is 1. The molecule has 5 nitrogen and oxygen atoms in total. The van der Waals surface area contributed by atoms with Gasteiger partial charge in [0.2, 0.25) is 5.91 Å². The molecule has 0 unspecified atom stereocenters. The number of rotatable bonds is 5. The van der Waals surface area contributed by atoms with Gasteiger partial charge in [0.05, 0.1) is 11.3 Å². The number of thiophene rings is 1. The number of hydrogen-bond acceptors (Lipinski definition) is 5. The van der Waals surface area contributed by atoms with Crippen LogP contribution < -0.4 is 5.56 Å². The second-order valence-corrected chi connectivity index (χ2v) is 7.38. The molecule has 1 amide bonds. The Morgan fingerprint density at radius 2 is 2.12 bits per heavy atom. The molecule has 130 valence electrons. The van der Waals surface area contributed by atoms with Gasteiger partial charge in [-0.3, -0.25) is 14.2 Å². The molecule has 2 aromatic heterocycles. The predicted octanol–water partition coefficient (Wildman–Crippen LogP) is 2.88. The summed E-state index contributed by atoms with van der Waals surface area (Å²) in [5.41, 5.74) is 0.992. The van der Waals surface area contributed by atoms with Gasteiger partial charge in [0, 0.05) is 26.2 Å². The Hall–Kier alpha value is -2.19. The number of carbonyl (C=O) groups excluding carboxylic acids is 1. The first-order valence-electron chi connectivity index (χ1n) is 7.52.